The van der Waals surface area contributed by atoms with Gasteiger partial charge in [0.05, 0.1) is 49.3 Å². The molecule has 0 saturated carbocycles. The van der Waals surface area contributed by atoms with Gasteiger partial charge in [-0.3, -0.25) is 9.30 Å². The summed E-state index contributed by atoms with van der Waals surface area (Å²) in [5.74, 6) is 0.969. The molecule has 1 saturated heterocycles. The lowest BCUT2D eigenvalue weighted by Crippen LogP contribution is -2.34. The average Bonchev–Trinajstić information content (AvgIpc) is 3.45. The zero-order chi connectivity index (χ0) is 26.6. The van der Waals surface area contributed by atoms with Crippen LogP contribution in [0.25, 0.3) is 28.0 Å². The summed E-state index contributed by atoms with van der Waals surface area (Å²) in [6.45, 7) is 2.70. The number of rotatable bonds is 6. The number of nitriles is 1. The second-order valence-corrected chi connectivity index (χ2v) is 9.61. The number of methoxy groups -OCH3 is 1. The number of likely N-dealkylation sites (tertiary alicyclic amines) is 1. The van der Waals surface area contributed by atoms with Gasteiger partial charge in [-0.15, -0.1) is 0 Å². The van der Waals surface area contributed by atoms with Crippen LogP contribution in [0.3, 0.4) is 0 Å². The Morgan fingerprint density at radius 2 is 1.89 bits per heavy atom. The number of hydrogen-bond donors (Lipinski definition) is 0. The van der Waals surface area contributed by atoms with Gasteiger partial charge in [-0.25, -0.2) is 14.8 Å². The number of ether oxygens (including phenoxy) is 2. The van der Waals surface area contributed by atoms with Crippen LogP contribution in [0.4, 0.5) is 10.5 Å². The maximum absolute atomic E-state index is 12.0. The van der Waals surface area contributed by atoms with Gasteiger partial charge in [-0.2, -0.15) is 5.26 Å². The van der Waals surface area contributed by atoms with Crippen LogP contribution >= 0.6 is 0 Å². The Kier molecular flexibility index (Phi) is 7.24. The van der Waals surface area contributed by atoms with Gasteiger partial charge in [0.1, 0.15) is 5.52 Å². The highest BCUT2D eigenvalue weighted by Crippen LogP contribution is 2.36. The molecule has 0 bridgehead atoms. The summed E-state index contributed by atoms with van der Waals surface area (Å²) in [5.41, 5.74) is 5.34. The first-order valence-corrected chi connectivity index (χ1v) is 12.6. The lowest BCUT2D eigenvalue weighted by atomic mass is 10.00. The summed E-state index contributed by atoms with van der Waals surface area (Å²) in [4.78, 5) is 25.2. The normalized spacial score (nSPS) is 15.7. The number of hydrogen-bond acceptors (Lipinski definition) is 7. The molecule has 0 unspecified atom stereocenters. The van der Waals surface area contributed by atoms with E-state index in [1.165, 1.54) is 12.0 Å². The van der Waals surface area contributed by atoms with Crippen LogP contribution in [-0.2, 0) is 4.74 Å². The quantitative estimate of drug-likeness (QED) is 0.366. The molecule has 0 aliphatic carbocycles. The Hall–Kier alpha value is -4.42. The highest BCUT2D eigenvalue weighted by Gasteiger charge is 2.22. The molecule has 2 aromatic heterocycles. The van der Waals surface area contributed by atoms with Crippen LogP contribution in [0.5, 0.6) is 5.88 Å². The summed E-state index contributed by atoms with van der Waals surface area (Å²) in [6.07, 6.45) is 5.37. The fourth-order valence-corrected chi connectivity index (χ4v) is 4.93. The third-order valence-electron chi connectivity index (χ3n) is 6.98. The van der Waals surface area contributed by atoms with Crippen molar-refractivity contribution in [2.75, 3.05) is 45.8 Å². The molecule has 194 valence electrons. The first kappa shape index (κ1) is 25.2. The molecule has 0 radical (unpaired) electrons. The second kappa shape index (κ2) is 10.9. The number of nitrogens with zero attached hydrogens (tertiary/aromatic N) is 6. The number of carbonyl (C=O) groups excluding carboxylic acids is 1. The molecule has 4 aromatic rings. The molecule has 9 heteroatoms. The summed E-state index contributed by atoms with van der Waals surface area (Å²) in [5, 5.41) is 9.29. The Labute approximate surface area is 221 Å². The van der Waals surface area contributed by atoms with E-state index in [0.717, 1.165) is 48.3 Å². The van der Waals surface area contributed by atoms with E-state index in [4.69, 9.17) is 14.5 Å². The standard InChI is InChI=1S/C29H30N6O3/c1-33-14-4-5-21(17-33)18-38-28-25-16-31-19-35(25)27(26(32-28)22-8-6-20(15-30)7-9-22)23-10-12-24(13-11-23)34(2)29(36)37-3/h6-13,16,19,21H,4-5,14,17-18H2,1-3H3/t21-/m1/s1. The highest BCUT2D eigenvalue weighted by molar-refractivity contribution is 5.88. The summed E-state index contributed by atoms with van der Waals surface area (Å²) >= 11 is 0. The van der Waals surface area contributed by atoms with Crippen LogP contribution in [0, 0.1) is 17.2 Å². The van der Waals surface area contributed by atoms with E-state index in [-0.39, 0.29) is 0 Å². The minimum Gasteiger partial charge on any atom is -0.476 e. The molecule has 1 amide bonds. The second-order valence-electron chi connectivity index (χ2n) is 9.61. The van der Waals surface area contributed by atoms with Crippen LogP contribution in [0.1, 0.15) is 18.4 Å². The Balaban J connectivity index is 1.58. The molecule has 1 fully saturated rings. The summed E-state index contributed by atoms with van der Waals surface area (Å²) in [7, 11) is 5.16. The SMILES string of the molecule is COC(=O)N(C)c1ccc(-c2c(-c3ccc(C#N)cc3)nc(OC[C@@H]3CCCN(C)C3)c3cncn23)cc1. The molecule has 2 aromatic carbocycles. The van der Waals surface area contributed by atoms with E-state index < -0.39 is 6.09 Å². The molecule has 9 nitrogen and oxygen atoms in total. The molecule has 1 atom stereocenters. The van der Waals surface area contributed by atoms with E-state index in [0.29, 0.717) is 35.3 Å². The first-order chi connectivity index (χ1) is 18.5. The Morgan fingerprint density at radius 1 is 1.16 bits per heavy atom. The number of anilines is 1. The van der Waals surface area contributed by atoms with Crippen molar-refractivity contribution in [3.05, 3.63) is 66.6 Å². The minimum absolute atomic E-state index is 0.441. The molecular formula is C29H30N6O3. The summed E-state index contributed by atoms with van der Waals surface area (Å²) in [6, 6.07) is 17.1. The van der Waals surface area contributed by atoms with Gasteiger partial charge < -0.3 is 14.4 Å². The van der Waals surface area contributed by atoms with E-state index in [2.05, 4.69) is 23.0 Å². The fourth-order valence-electron chi connectivity index (χ4n) is 4.93. The number of benzene rings is 2. The number of carbonyl (C=O) groups is 1. The number of imidazole rings is 1. The van der Waals surface area contributed by atoms with Gasteiger partial charge in [0.15, 0.2) is 0 Å². The van der Waals surface area contributed by atoms with Crippen LogP contribution in [-0.4, -0.2) is 66.3 Å². The van der Waals surface area contributed by atoms with E-state index >= 15 is 0 Å². The third-order valence-corrected chi connectivity index (χ3v) is 6.98. The van der Waals surface area contributed by atoms with Crippen molar-refractivity contribution >= 4 is 17.3 Å². The highest BCUT2D eigenvalue weighted by atomic mass is 16.5. The molecule has 0 N–H and O–H groups in total. The fraction of sp³-hybridized carbons (Fsp3) is 0.310. The topological polar surface area (TPSA) is 96.0 Å². The van der Waals surface area contributed by atoms with Gasteiger partial charge in [-0.05, 0) is 50.7 Å². The van der Waals surface area contributed by atoms with Gasteiger partial charge in [-0.1, -0.05) is 24.3 Å². The Morgan fingerprint density at radius 3 is 2.58 bits per heavy atom. The van der Waals surface area contributed by atoms with E-state index in [1.54, 1.807) is 31.7 Å². The predicted molar refractivity (Wildman–Crippen MR) is 145 cm³/mol. The zero-order valence-corrected chi connectivity index (χ0v) is 21.8. The zero-order valence-electron chi connectivity index (χ0n) is 21.8. The van der Waals surface area contributed by atoms with E-state index in [1.807, 2.05) is 40.8 Å². The van der Waals surface area contributed by atoms with Gasteiger partial charge >= 0.3 is 6.09 Å². The van der Waals surface area contributed by atoms with Crippen LogP contribution in [0.15, 0.2) is 61.1 Å². The van der Waals surface area contributed by atoms with Crippen LogP contribution < -0.4 is 9.64 Å². The molecule has 5 rings (SSSR count). The number of aromatic nitrogens is 3. The van der Waals surface area contributed by atoms with Crippen molar-refractivity contribution in [1.82, 2.24) is 19.3 Å². The molecule has 3 heterocycles. The van der Waals surface area contributed by atoms with E-state index in [9.17, 15) is 10.1 Å². The van der Waals surface area contributed by atoms with Gasteiger partial charge in [0.25, 0.3) is 0 Å². The molecule has 0 spiro atoms. The largest absolute Gasteiger partial charge is 0.476 e. The summed E-state index contributed by atoms with van der Waals surface area (Å²) < 4.78 is 13.2. The molecule has 1 aliphatic heterocycles. The predicted octanol–water partition coefficient (Wildman–Crippen LogP) is 4.86. The first-order valence-electron chi connectivity index (χ1n) is 12.6. The van der Waals surface area contributed by atoms with Crippen molar-refractivity contribution in [3.63, 3.8) is 0 Å². The maximum atomic E-state index is 12.0. The molecule has 1 aliphatic rings. The number of piperidine rings is 1. The number of amides is 1. The lowest BCUT2D eigenvalue weighted by molar-refractivity contribution is 0.148. The van der Waals surface area contributed by atoms with Crippen molar-refractivity contribution in [2.24, 2.45) is 5.92 Å². The van der Waals surface area contributed by atoms with Gasteiger partial charge in [0.2, 0.25) is 5.88 Å². The van der Waals surface area contributed by atoms with Crippen molar-refractivity contribution in [1.29, 1.82) is 5.26 Å². The van der Waals surface area contributed by atoms with Crippen molar-refractivity contribution in [3.8, 4) is 34.5 Å². The van der Waals surface area contributed by atoms with Crippen molar-refractivity contribution in [2.45, 2.75) is 12.8 Å². The molecular weight excluding hydrogens is 480 g/mol. The monoisotopic (exact) mass is 510 g/mol. The minimum atomic E-state index is -0.444. The van der Waals surface area contributed by atoms with Crippen LogP contribution in [0.2, 0.25) is 0 Å². The average molecular weight is 511 g/mol. The molecule has 38 heavy (non-hydrogen) atoms. The van der Waals surface area contributed by atoms with Crippen molar-refractivity contribution < 1.29 is 14.3 Å². The maximum Gasteiger partial charge on any atom is 0.413 e. The smallest absolute Gasteiger partial charge is 0.413 e. The lowest BCUT2D eigenvalue weighted by Gasteiger charge is -2.29. The Bertz CT molecular complexity index is 1470. The van der Waals surface area contributed by atoms with Gasteiger partial charge in [0, 0.05) is 36.3 Å². The number of fused-ring (bicyclic) bond motifs is 1. The third kappa shape index (κ3) is 5.04.